The van der Waals surface area contributed by atoms with Gasteiger partial charge in [0.1, 0.15) is 22.5 Å². The summed E-state index contributed by atoms with van der Waals surface area (Å²) in [7, 11) is -3.58. The van der Waals surface area contributed by atoms with E-state index in [1.165, 1.54) is 12.1 Å². The third-order valence-electron chi connectivity index (χ3n) is 7.24. The molecule has 3 aliphatic rings. The highest BCUT2D eigenvalue weighted by molar-refractivity contribution is 7.93. The largest absolute Gasteiger partial charge is 0.492 e. The minimum absolute atomic E-state index is 0.0445. The molecule has 44 heavy (non-hydrogen) atoms. The Morgan fingerprint density at radius 3 is 2.18 bits per heavy atom. The highest BCUT2D eigenvalue weighted by Gasteiger charge is 2.45. The number of ether oxygens (including phenoxy) is 1. The summed E-state index contributed by atoms with van der Waals surface area (Å²) in [6, 6.07) is 3.70. The number of pyridine rings is 1. The number of benzene rings is 1. The van der Waals surface area contributed by atoms with Gasteiger partial charge >= 0.3 is 18.3 Å². The van der Waals surface area contributed by atoms with Crippen LogP contribution in [0.3, 0.4) is 0 Å². The van der Waals surface area contributed by atoms with E-state index in [0.29, 0.717) is 24.6 Å². The number of aromatic nitrogens is 1. The van der Waals surface area contributed by atoms with Gasteiger partial charge in [0.15, 0.2) is 15.6 Å². The van der Waals surface area contributed by atoms with Crippen LogP contribution in [0.2, 0.25) is 5.15 Å². The van der Waals surface area contributed by atoms with E-state index in [4.69, 9.17) is 26.2 Å². The average molecular weight is 675 g/mol. The van der Waals surface area contributed by atoms with Crippen molar-refractivity contribution in [1.82, 2.24) is 4.98 Å². The third kappa shape index (κ3) is 8.11. The molecule has 0 spiro atoms. The fourth-order valence-electron chi connectivity index (χ4n) is 4.72. The molecule has 1 saturated heterocycles. The van der Waals surface area contributed by atoms with Crippen molar-refractivity contribution in [2.75, 3.05) is 30.3 Å². The van der Waals surface area contributed by atoms with E-state index >= 15 is 0 Å². The number of hydrogen-bond acceptors (Lipinski definition) is 7. The van der Waals surface area contributed by atoms with Crippen molar-refractivity contribution in [3.8, 4) is 5.75 Å². The number of nitrogens with zero attached hydrogens (tertiary/aromatic N) is 2. The van der Waals surface area contributed by atoms with E-state index < -0.39 is 61.7 Å². The molecule has 3 fully saturated rings. The van der Waals surface area contributed by atoms with Crippen molar-refractivity contribution in [3.05, 3.63) is 52.1 Å². The predicted octanol–water partition coefficient (Wildman–Crippen LogP) is 6.07. The lowest BCUT2D eigenvalue weighted by Gasteiger charge is -2.49. The number of anilines is 1. The van der Waals surface area contributed by atoms with Gasteiger partial charge in [0.25, 0.3) is 0 Å². The van der Waals surface area contributed by atoms with Gasteiger partial charge in [0.05, 0.1) is 28.7 Å². The Morgan fingerprint density at radius 1 is 1.09 bits per heavy atom. The number of halogens is 8. The van der Waals surface area contributed by atoms with Crippen LogP contribution in [0.15, 0.2) is 24.4 Å². The first kappa shape index (κ1) is 33.7. The molecule has 242 valence electrons. The Bertz CT molecular complexity index is 1550. The van der Waals surface area contributed by atoms with Crippen LogP contribution < -0.4 is 9.64 Å². The molecule has 0 unspecified atom stereocenters. The maximum Gasteiger partial charge on any atom is 0.490 e. The molecule has 2 heterocycles. The second-order valence-electron chi connectivity index (χ2n) is 11.4. The maximum absolute atomic E-state index is 14.9. The molecule has 0 atom stereocenters. The topological polar surface area (TPSA) is 114 Å². The second-order valence-corrected chi connectivity index (χ2v) is 14.0. The molecule has 17 heteroatoms. The quantitative estimate of drug-likeness (QED) is 0.194. The van der Waals surface area contributed by atoms with E-state index in [0.717, 1.165) is 18.9 Å². The van der Waals surface area contributed by atoms with Crippen LogP contribution >= 0.6 is 11.6 Å². The molecule has 1 N–H and O–H groups in total. The third-order valence-corrected chi connectivity index (χ3v) is 9.60. The summed E-state index contributed by atoms with van der Waals surface area (Å²) < 4.78 is 117. The van der Waals surface area contributed by atoms with Crippen molar-refractivity contribution >= 4 is 38.9 Å². The summed E-state index contributed by atoms with van der Waals surface area (Å²) in [5.74, 6) is -4.74. The monoisotopic (exact) mass is 674 g/mol. The van der Waals surface area contributed by atoms with Crippen molar-refractivity contribution in [1.29, 1.82) is 0 Å². The van der Waals surface area contributed by atoms with Gasteiger partial charge in [-0.2, -0.15) is 26.3 Å². The Balaban J connectivity index is 0.000000566. The summed E-state index contributed by atoms with van der Waals surface area (Å²) in [6.07, 6.45) is -6.22. The van der Waals surface area contributed by atoms with E-state index in [9.17, 15) is 43.9 Å². The first-order chi connectivity index (χ1) is 20.2. The number of carbonyl (C=O) groups excluding carboxylic acids is 1. The normalized spacial score (nSPS) is 18.2. The van der Waals surface area contributed by atoms with Crippen molar-refractivity contribution in [2.24, 2.45) is 5.41 Å². The lowest BCUT2D eigenvalue weighted by Crippen LogP contribution is -2.58. The van der Waals surface area contributed by atoms with Gasteiger partial charge in [-0.05, 0) is 49.3 Å². The Morgan fingerprint density at radius 2 is 1.68 bits per heavy atom. The first-order valence-corrected chi connectivity index (χ1v) is 15.3. The number of ketones is 1. The lowest BCUT2D eigenvalue weighted by molar-refractivity contribution is -0.192. The maximum atomic E-state index is 14.9. The minimum atomic E-state index is -5.08. The summed E-state index contributed by atoms with van der Waals surface area (Å²) in [5.41, 5.74) is -1.05. The van der Waals surface area contributed by atoms with Gasteiger partial charge < -0.3 is 14.7 Å². The van der Waals surface area contributed by atoms with Crippen molar-refractivity contribution in [3.63, 3.8) is 0 Å². The van der Waals surface area contributed by atoms with E-state index in [1.807, 2.05) is 6.92 Å². The predicted molar refractivity (Wildman–Crippen MR) is 143 cm³/mol. The SMILES string of the molecule is CC1(COc2cc(F)c(C(=O)CS(=O)(=O)C3CC3)cc2C2CC2)CN(c2cc(Cl)ncc2C(F)(F)F)C1.O=C(O)C(F)(F)F. The number of hydrogen-bond donors (Lipinski definition) is 1. The zero-order chi connectivity index (χ0) is 32.8. The fourth-order valence-corrected chi connectivity index (χ4v) is 6.48. The zero-order valence-corrected chi connectivity index (χ0v) is 24.5. The van der Waals surface area contributed by atoms with E-state index in [2.05, 4.69) is 4.98 Å². The highest BCUT2D eigenvalue weighted by atomic mass is 35.5. The molecule has 0 amide bonds. The number of carboxylic acid groups (broad SMARTS) is 1. The van der Waals surface area contributed by atoms with Crippen LogP contribution in [0.4, 0.5) is 36.4 Å². The highest BCUT2D eigenvalue weighted by Crippen LogP contribution is 2.47. The zero-order valence-electron chi connectivity index (χ0n) is 22.9. The molecule has 2 aromatic rings. The average Bonchev–Trinajstić information content (AvgIpc) is 3.77. The van der Waals surface area contributed by atoms with Crippen LogP contribution in [0.5, 0.6) is 5.75 Å². The number of rotatable bonds is 9. The molecule has 5 rings (SSSR count). The summed E-state index contributed by atoms with van der Waals surface area (Å²) in [4.78, 5) is 26.6. The molecule has 0 bridgehead atoms. The number of carboxylic acids is 1. The molecular formula is C27H26ClF7N2O6S. The van der Waals surface area contributed by atoms with Gasteiger partial charge in [-0.3, -0.25) is 4.79 Å². The second kappa shape index (κ2) is 12.0. The molecule has 0 radical (unpaired) electrons. The smallest absolute Gasteiger partial charge is 0.490 e. The molecule has 8 nitrogen and oxygen atoms in total. The molecule has 2 aliphatic carbocycles. The van der Waals surface area contributed by atoms with Crippen LogP contribution in [0.1, 0.15) is 60.0 Å². The van der Waals surface area contributed by atoms with Crippen LogP contribution in [0.25, 0.3) is 0 Å². The standard InChI is InChI=1S/C25H25ClF4N2O4S.C2HF3O2/c1-24(11-32(12-24)20-8-23(26)31-9-18(20)25(28,29)30)13-36-22-7-19(27)17(6-16(22)14-2-3-14)21(33)10-37(34,35)15-4-5-15;3-2(4,5)1(6)7/h6-9,14-15H,2-5,10-13H2,1H3;(H,6,7). The number of aliphatic carboxylic acids is 1. The molecule has 1 aromatic carbocycles. The van der Waals surface area contributed by atoms with Gasteiger partial charge in [-0.25, -0.2) is 22.6 Å². The number of alkyl halides is 6. The van der Waals surface area contributed by atoms with Gasteiger partial charge in [0.2, 0.25) is 0 Å². The van der Waals surface area contributed by atoms with Crippen molar-refractivity contribution in [2.45, 2.75) is 56.1 Å². The van der Waals surface area contributed by atoms with Gasteiger partial charge in [-0.1, -0.05) is 18.5 Å². The van der Waals surface area contributed by atoms with Gasteiger partial charge in [-0.15, -0.1) is 0 Å². The van der Waals surface area contributed by atoms with E-state index in [-0.39, 0.29) is 47.8 Å². The summed E-state index contributed by atoms with van der Waals surface area (Å²) in [6.45, 7) is 2.49. The Labute approximate surface area is 252 Å². The lowest BCUT2D eigenvalue weighted by atomic mass is 9.82. The van der Waals surface area contributed by atoms with E-state index in [1.54, 1.807) is 4.90 Å². The van der Waals surface area contributed by atoms with Crippen molar-refractivity contribution < 1.29 is 58.6 Å². The van der Waals surface area contributed by atoms with Gasteiger partial charge in [0, 0.05) is 30.8 Å². The first-order valence-electron chi connectivity index (χ1n) is 13.2. The molecule has 2 saturated carbocycles. The number of sulfone groups is 1. The van der Waals surface area contributed by atoms with Crippen LogP contribution in [-0.4, -0.2) is 67.1 Å². The Kier molecular flexibility index (Phi) is 9.19. The van der Waals surface area contributed by atoms with Crippen LogP contribution in [-0.2, 0) is 20.8 Å². The fraction of sp³-hybridized carbons (Fsp3) is 0.519. The van der Waals surface area contributed by atoms with Crippen LogP contribution in [0, 0.1) is 11.2 Å². The summed E-state index contributed by atoms with van der Waals surface area (Å²) >= 11 is 5.84. The molecule has 1 aromatic heterocycles. The Hall–Kier alpha value is -3.14. The number of carbonyl (C=O) groups is 2. The minimum Gasteiger partial charge on any atom is -0.492 e. The molecular weight excluding hydrogens is 649 g/mol. The molecule has 1 aliphatic heterocycles. The number of Topliss-reactive ketones (excluding diaryl/α,β-unsaturated/α-hetero) is 1. The summed E-state index contributed by atoms with van der Waals surface area (Å²) in [5, 5.41) is 6.57.